The van der Waals surface area contributed by atoms with Crippen molar-refractivity contribution in [2.24, 2.45) is 4.99 Å². The second-order valence-corrected chi connectivity index (χ2v) is 6.23. The van der Waals surface area contributed by atoms with Gasteiger partial charge in [-0.1, -0.05) is 11.6 Å². The van der Waals surface area contributed by atoms with Gasteiger partial charge < -0.3 is 4.90 Å². The first-order valence-electron chi connectivity index (χ1n) is 7.39. The van der Waals surface area contributed by atoms with Crippen LogP contribution in [0.5, 0.6) is 0 Å². The zero-order valence-corrected chi connectivity index (χ0v) is 12.3. The maximum atomic E-state index is 10.8. The van der Waals surface area contributed by atoms with Crippen LogP contribution < -0.4 is 4.90 Å². The van der Waals surface area contributed by atoms with Gasteiger partial charge in [0.25, 0.3) is 0 Å². The Bertz CT molecular complexity index is 541. The molecule has 0 spiro atoms. The summed E-state index contributed by atoms with van der Waals surface area (Å²) in [6, 6.07) is 6.01. The largest absolute Gasteiger partial charge is 0.371 e. The van der Waals surface area contributed by atoms with E-state index in [1.165, 1.54) is 24.9 Å². The van der Waals surface area contributed by atoms with Gasteiger partial charge in [-0.2, -0.15) is 4.99 Å². The van der Waals surface area contributed by atoms with Crippen LogP contribution in [0.25, 0.3) is 0 Å². The molecule has 3 rings (SSSR count). The number of carbonyl (C=O) groups excluding carboxylic acids is 1. The number of halogens is 1. The average Bonchev–Trinajstić information content (AvgIpc) is 2.44. The molecule has 0 unspecified atom stereocenters. The van der Waals surface area contributed by atoms with Crippen LogP contribution in [-0.4, -0.2) is 19.2 Å². The van der Waals surface area contributed by atoms with Crippen molar-refractivity contribution in [3.8, 4) is 0 Å². The molecule has 106 valence electrons. The molecule has 1 heterocycles. The average molecular weight is 291 g/mol. The Morgan fingerprint density at radius 3 is 2.50 bits per heavy atom. The second kappa shape index (κ2) is 5.59. The molecular weight excluding hydrogens is 272 g/mol. The third-order valence-corrected chi connectivity index (χ3v) is 4.83. The van der Waals surface area contributed by atoms with Gasteiger partial charge in [0.2, 0.25) is 6.08 Å². The number of piperidine rings is 1. The molecule has 0 amide bonds. The summed E-state index contributed by atoms with van der Waals surface area (Å²) in [4.78, 5) is 17.4. The lowest BCUT2D eigenvalue weighted by atomic mass is 9.71. The molecule has 0 aromatic heterocycles. The van der Waals surface area contributed by atoms with Crippen molar-refractivity contribution in [3.05, 3.63) is 28.8 Å². The molecule has 0 bridgehead atoms. The minimum atomic E-state index is -0.376. The normalized spacial score (nSPS) is 20.9. The second-order valence-electron chi connectivity index (χ2n) is 5.80. The molecule has 1 aromatic rings. The van der Waals surface area contributed by atoms with E-state index < -0.39 is 0 Å². The number of hydrogen-bond donors (Lipinski definition) is 0. The first-order valence-corrected chi connectivity index (χ1v) is 7.77. The predicted octanol–water partition coefficient (Wildman–Crippen LogP) is 4.05. The zero-order valence-electron chi connectivity index (χ0n) is 11.6. The lowest BCUT2D eigenvalue weighted by molar-refractivity contribution is 0.256. The number of isocyanates is 1. The Hall–Kier alpha value is -1.31. The summed E-state index contributed by atoms with van der Waals surface area (Å²) >= 11 is 6.18. The van der Waals surface area contributed by atoms with Gasteiger partial charge in [-0.25, -0.2) is 4.79 Å². The summed E-state index contributed by atoms with van der Waals surface area (Å²) in [5, 5.41) is 0.716. The van der Waals surface area contributed by atoms with Crippen LogP contribution in [0.15, 0.2) is 23.2 Å². The summed E-state index contributed by atoms with van der Waals surface area (Å²) in [6.07, 6.45) is 8.48. The van der Waals surface area contributed by atoms with Gasteiger partial charge in [0, 0.05) is 29.4 Å². The number of anilines is 1. The molecular formula is C16H19ClN2O. The molecule has 20 heavy (non-hydrogen) atoms. The van der Waals surface area contributed by atoms with Crippen LogP contribution in [0.3, 0.4) is 0 Å². The highest BCUT2D eigenvalue weighted by atomic mass is 35.5. The lowest BCUT2D eigenvalue weighted by Gasteiger charge is -2.41. The molecule has 2 aliphatic rings. The first-order chi connectivity index (χ1) is 9.75. The van der Waals surface area contributed by atoms with Crippen molar-refractivity contribution in [1.29, 1.82) is 0 Å². The van der Waals surface area contributed by atoms with E-state index in [1.54, 1.807) is 6.08 Å². The molecule has 0 radical (unpaired) electrons. The van der Waals surface area contributed by atoms with Crippen molar-refractivity contribution in [2.75, 3.05) is 18.0 Å². The van der Waals surface area contributed by atoms with Crippen LogP contribution in [0, 0.1) is 0 Å². The molecule has 3 nitrogen and oxygen atoms in total. The minimum absolute atomic E-state index is 0.376. The van der Waals surface area contributed by atoms with E-state index in [2.05, 4.69) is 16.0 Å². The number of rotatable bonds is 3. The molecule has 1 aliphatic heterocycles. The maximum absolute atomic E-state index is 10.8. The molecule has 1 aromatic carbocycles. The van der Waals surface area contributed by atoms with Gasteiger partial charge >= 0.3 is 0 Å². The van der Waals surface area contributed by atoms with Crippen molar-refractivity contribution in [1.82, 2.24) is 0 Å². The number of nitrogens with zero attached hydrogens (tertiary/aromatic N) is 2. The Morgan fingerprint density at radius 2 is 1.90 bits per heavy atom. The van der Waals surface area contributed by atoms with Crippen LogP contribution in [0.1, 0.15) is 44.1 Å². The maximum Gasteiger partial charge on any atom is 0.235 e. The summed E-state index contributed by atoms with van der Waals surface area (Å²) < 4.78 is 0. The van der Waals surface area contributed by atoms with Gasteiger partial charge in [-0.05, 0) is 56.7 Å². The van der Waals surface area contributed by atoms with Crippen molar-refractivity contribution >= 4 is 23.4 Å². The van der Waals surface area contributed by atoms with E-state index in [9.17, 15) is 4.79 Å². The Balaban J connectivity index is 2.03. The summed E-state index contributed by atoms with van der Waals surface area (Å²) in [5.41, 5.74) is 1.94. The van der Waals surface area contributed by atoms with Gasteiger partial charge in [-0.15, -0.1) is 0 Å². The summed E-state index contributed by atoms with van der Waals surface area (Å²) in [7, 11) is 0. The van der Waals surface area contributed by atoms with E-state index in [0.29, 0.717) is 5.02 Å². The van der Waals surface area contributed by atoms with Gasteiger partial charge in [-0.3, -0.25) is 0 Å². The van der Waals surface area contributed by atoms with E-state index in [0.717, 1.165) is 37.9 Å². The van der Waals surface area contributed by atoms with Crippen LogP contribution >= 0.6 is 11.6 Å². The van der Waals surface area contributed by atoms with Crippen molar-refractivity contribution < 1.29 is 4.79 Å². The highest BCUT2D eigenvalue weighted by molar-refractivity contribution is 6.30. The monoisotopic (exact) mass is 290 g/mol. The van der Waals surface area contributed by atoms with E-state index in [4.69, 9.17) is 11.6 Å². The zero-order chi connectivity index (χ0) is 14.0. The highest BCUT2D eigenvalue weighted by Gasteiger charge is 2.41. The van der Waals surface area contributed by atoms with Gasteiger partial charge in [0.05, 0.1) is 0 Å². The van der Waals surface area contributed by atoms with Crippen LogP contribution in [-0.2, 0) is 10.3 Å². The Kier molecular flexibility index (Phi) is 3.82. The predicted molar refractivity (Wildman–Crippen MR) is 81.2 cm³/mol. The number of hydrogen-bond acceptors (Lipinski definition) is 3. The molecule has 1 saturated carbocycles. The van der Waals surface area contributed by atoms with Crippen molar-refractivity contribution in [3.63, 3.8) is 0 Å². The lowest BCUT2D eigenvalue weighted by Crippen LogP contribution is -2.36. The fourth-order valence-corrected chi connectivity index (χ4v) is 3.50. The summed E-state index contributed by atoms with van der Waals surface area (Å²) in [6.45, 7) is 2.16. The molecule has 0 atom stereocenters. The molecule has 0 N–H and O–H groups in total. The molecule has 4 heteroatoms. The molecule has 1 saturated heterocycles. The van der Waals surface area contributed by atoms with E-state index in [1.807, 2.05) is 12.1 Å². The standard InChI is InChI=1S/C16H19ClN2O/c17-13-5-6-15(19-9-2-1-3-10-19)14(11-13)16(18-12-20)7-4-8-16/h5-6,11H,1-4,7-10H2. The van der Waals surface area contributed by atoms with E-state index >= 15 is 0 Å². The highest BCUT2D eigenvalue weighted by Crippen LogP contribution is 2.49. The number of benzene rings is 1. The third-order valence-electron chi connectivity index (χ3n) is 4.60. The van der Waals surface area contributed by atoms with Gasteiger partial charge in [0.1, 0.15) is 5.54 Å². The smallest absolute Gasteiger partial charge is 0.235 e. The summed E-state index contributed by atoms with van der Waals surface area (Å²) in [5.74, 6) is 0. The fourth-order valence-electron chi connectivity index (χ4n) is 3.33. The molecule has 2 fully saturated rings. The van der Waals surface area contributed by atoms with Crippen LogP contribution in [0.2, 0.25) is 5.02 Å². The van der Waals surface area contributed by atoms with E-state index in [-0.39, 0.29) is 5.54 Å². The van der Waals surface area contributed by atoms with Gasteiger partial charge in [0.15, 0.2) is 0 Å². The Labute approximate surface area is 124 Å². The van der Waals surface area contributed by atoms with Crippen LogP contribution in [0.4, 0.5) is 5.69 Å². The van der Waals surface area contributed by atoms with Crippen molar-refractivity contribution in [2.45, 2.75) is 44.1 Å². The Morgan fingerprint density at radius 1 is 1.15 bits per heavy atom. The SMILES string of the molecule is O=C=NC1(c2cc(Cl)ccc2N2CCCCC2)CCC1. The molecule has 1 aliphatic carbocycles. The first kappa shape index (κ1) is 13.7. The number of aliphatic imine (C=N–C) groups is 1. The quantitative estimate of drug-likeness (QED) is 0.621. The third kappa shape index (κ3) is 2.36. The topological polar surface area (TPSA) is 32.7 Å². The fraction of sp³-hybridized carbons (Fsp3) is 0.562. The minimum Gasteiger partial charge on any atom is -0.371 e.